The van der Waals surface area contributed by atoms with Crippen molar-refractivity contribution in [1.29, 1.82) is 0 Å². The summed E-state index contributed by atoms with van der Waals surface area (Å²) in [4.78, 5) is 18.7. The standard InChI is InChI=1S/C12H16N6O2/c1-3-5-17-8-9(6-15-17)11-10(18(19)20)7-14-12(16-11)13-4-2/h6-8H,3-5H2,1-2H3,(H,13,14,16). The second kappa shape index (κ2) is 6.09. The zero-order valence-corrected chi connectivity index (χ0v) is 11.4. The van der Waals surface area contributed by atoms with Crippen LogP contribution in [-0.4, -0.2) is 31.2 Å². The molecule has 0 atom stereocenters. The maximum Gasteiger partial charge on any atom is 0.313 e. The molecule has 8 heteroatoms. The molecule has 2 rings (SSSR count). The molecular weight excluding hydrogens is 260 g/mol. The third-order valence-electron chi connectivity index (χ3n) is 2.66. The third-order valence-corrected chi connectivity index (χ3v) is 2.66. The Morgan fingerprint density at radius 1 is 1.40 bits per heavy atom. The lowest BCUT2D eigenvalue weighted by Crippen LogP contribution is -2.04. The van der Waals surface area contributed by atoms with Gasteiger partial charge in [0.25, 0.3) is 0 Å². The first-order valence-corrected chi connectivity index (χ1v) is 6.43. The van der Waals surface area contributed by atoms with Crippen molar-refractivity contribution in [3.63, 3.8) is 0 Å². The molecule has 2 aromatic rings. The molecule has 0 saturated heterocycles. The summed E-state index contributed by atoms with van der Waals surface area (Å²) in [6.07, 6.45) is 5.50. The van der Waals surface area contributed by atoms with Gasteiger partial charge in [-0.15, -0.1) is 0 Å². The predicted octanol–water partition coefficient (Wildman–Crippen LogP) is 2.09. The second-order valence-electron chi connectivity index (χ2n) is 4.21. The van der Waals surface area contributed by atoms with Crippen molar-refractivity contribution in [3.8, 4) is 11.3 Å². The normalized spacial score (nSPS) is 10.5. The molecule has 0 radical (unpaired) electrons. The monoisotopic (exact) mass is 276 g/mol. The number of nitrogens with one attached hydrogen (secondary N) is 1. The summed E-state index contributed by atoms with van der Waals surface area (Å²) >= 11 is 0. The van der Waals surface area contributed by atoms with E-state index in [1.807, 2.05) is 13.8 Å². The van der Waals surface area contributed by atoms with Gasteiger partial charge in [0.2, 0.25) is 5.95 Å². The lowest BCUT2D eigenvalue weighted by molar-refractivity contribution is -0.384. The summed E-state index contributed by atoms with van der Waals surface area (Å²) in [5.41, 5.74) is 0.776. The van der Waals surface area contributed by atoms with Gasteiger partial charge in [-0.2, -0.15) is 5.10 Å². The highest BCUT2D eigenvalue weighted by molar-refractivity contribution is 5.68. The van der Waals surface area contributed by atoms with Crippen LogP contribution in [0.4, 0.5) is 11.6 Å². The van der Waals surface area contributed by atoms with E-state index in [1.165, 1.54) is 6.20 Å². The molecule has 0 spiro atoms. The Morgan fingerprint density at radius 2 is 2.20 bits per heavy atom. The summed E-state index contributed by atoms with van der Waals surface area (Å²) in [6, 6.07) is 0. The molecule has 0 unspecified atom stereocenters. The highest BCUT2D eigenvalue weighted by Gasteiger charge is 2.20. The Bertz CT molecular complexity index is 610. The molecule has 2 heterocycles. The van der Waals surface area contributed by atoms with Crippen molar-refractivity contribution in [1.82, 2.24) is 19.7 Å². The molecule has 8 nitrogen and oxygen atoms in total. The van der Waals surface area contributed by atoms with Gasteiger partial charge in [-0.25, -0.2) is 9.97 Å². The number of anilines is 1. The summed E-state index contributed by atoms with van der Waals surface area (Å²) in [5.74, 6) is 0.372. The molecule has 0 amide bonds. The average molecular weight is 276 g/mol. The van der Waals surface area contributed by atoms with Gasteiger partial charge < -0.3 is 5.32 Å². The zero-order valence-electron chi connectivity index (χ0n) is 11.4. The minimum absolute atomic E-state index is 0.122. The molecular formula is C12H16N6O2. The lowest BCUT2D eigenvalue weighted by Gasteiger charge is -2.04. The van der Waals surface area contributed by atoms with Gasteiger partial charge in [-0.3, -0.25) is 14.8 Å². The summed E-state index contributed by atoms with van der Waals surface area (Å²) < 4.78 is 1.74. The Kier molecular flexibility index (Phi) is 4.24. The fourth-order valence-corrected chi connectivity index (χ4v) is 1.80. The van der Waals surface area contributed by atoms with Gasteiger partial charge in [0, 0.05) is 24.8 Å². The van der Waals surface area contributed by atoms with E-state index < -0.39 is 4.92 Å². The van der Waals surface area contributed by atoms with E-state index in [4.69, 9.17) is 0 Å². The van der Waals surface area contributed by atoms with Crippen molar-refractivity contribution in [2.45, 2.75) is 26.8 Å². The van der Waals surface area contributed by atoms with Gasteiger partial charge in [0.1, 0.15) is 6.20 Å². The molecule has 1 N–H and O–H groups in total. The first-order valence-electron chi connectivity index (χ1n) is 6.43. The first-order chi connectivity index (χ1) is 9.65. The quantitative estimate of drug-likeness (QED) is 0.640. The maximum absolute atomic E-state index is 11.1. The van der Waals surface area contributed by atoms with E-state index in [-0.39, 0.29) is 11.4 Å². The van der Waals surface area contributed by atoms with E-state index in [9.17, 15) is 10.1 Å². The number of hydrogen-bond acceptors (Lipinski definition) is 6. The molecule has 0 saturated carbocycles. The van der Waals surface area contributed by atoms with E-state index >= 15 is 0 Å². The van der Waals surface area contributed by atoms with Crippen LogP contribution in [0, 0.1) is 10.1 Å². The topological polar surface area (TPSA) is 98.8 Å². The summed E-state index contributed by atoms with van der Waals surface area (Å²) in [5, 5.41) is 18.2. The molecule has 0 aliphatic rings. The molecule has 2 aromatic heterocycles. The average Bonchev–Trinajstić information content (AvgIpc) is 2.88. The molecule has 0 fully saturated rings. The van der Waals surface area contributed by atoms with Crippen molar-refractivity contribution in [2.75, 3.05) is 11.9 Å². The maximum atomic E-state index is 11.1. The Morgan fingerprint density at radius 3 is 2.85 bits per heavy atom. The highest BCUT2D eigenvalue weighted by atomic mass is 16.6. The number of aromatic nitrogens is 4. The molecule has 0 bridgehead atoms. The van der Waals surface area contributed by atoms with Gasteiger partial charge in [-0.1, -0.05) is 6.92 Å². The third kappa shape index (κ3) is 2.90. The van der Waals surface area contributed by atoms with Crippen molar-refractivity contribution in [3.05, 3.63) is 28.7 Å². The van der Waals surface area contributed by atoms with Crippen LogP contribution in [0.3, 0.4) is 0 Å². The van der Waals surface area contributed by atoms with E-state index in [0.717, 1.165) is 13.0 Å². The van der Waals surface area contributed by atoms with Crippen LogP contribution in [0.2, 0.25) is 0 Å². The van der Waals surface area contributed by atoms with Crippen LogP contribution in [0.25, 0.3) is 11.3 Å². The van der Waals surface area contributed by atoms with Crippen LogP contribution in [0.1, 0.15) is 20.3 Å². The Balaban J connectivity index is 2.44. The summed E-state index contributed by atoms with van der Waals surface area (Å²) in [6.45, 7) is 5.35. The number of nitrogens with zero attached hydrogens (tertiary/aromatic N) is 5. The molecule has 106 valence electrons. The van der Waals surface area contributed by atoms with Gasteiger partial charge in [0.05, 0.1) is 11.1 Å². The van der Waals surface area contributed by atoms with E-state index in [0.29, 0.717) is 18.1 Å². The number of nitro groups is 1. The second-order valence-corrected chi connectivity index (χ2v) is 4.21. The number of aryl methyl sites for hydroxylation is 1. The molecule has 20 heavy (non-hydrogen) atoms. The van der Waals surface area contributed by atoms with Crippen molar-refractivity contribution < 1.29 is 4.92 Å². The van der Waals surface area contributed by atoms with Crippen LogP contribution >= 0.6 is 0 Å². The van der Waals surface area contributed by atoms with Gasteiger partial charge >= 0.3 is 5.69 Å². The van der Waals surface area contributed by atoms with Crippen LogP contribution < -0.4 is 5.32 Å². The predicted molar refractivity (Wildman–Crippen MR) is 74.4 cm³/mol. The van der Waals surface area contributed by atoms with E-state index in [1.54, 1.807) is 17.1 Å². The molecule has 0 aliphatic carbocycles. The highest BCUT2D eigenvalue weighted by Crippen LogP contribution is 2.27. The fraction of sp³-hybridized carbons (Fsp3) is 0.417. The fourth-order valence-electron chi connectivity index (χ4n) is 1.80. The molecule has 0 aliphatic heterocycles. The minimum atomic E-state index is -0.484. The minimum Gasteiger partial charge on any atom is -0.354 e. The number of hydrogen-bond donors (Lipinski definition) is 1. The SMILES string of the molecule is CCCn1cc(-c2nc(NCC)ncc2[N+](=O)[O-])cn1. The number of rotatable bonds is 6. The van der Waals surface area contributed by atoms with E-state index in [2.05, 4.69) is 20.4 Å². The van der Waals surface area contributed by atoms with Gasteiger partial charge in [-0.05, 0) is 13.3 Å². The van der Waals surface area contributed by atoms with Crippen molar-refractivity contribution in [2.24, 2.45) is 0 Å². The largest absolute Gasteiger partial charge is 0.354 e. The van der Waals surface area contributed by atoms with Crippen LogP contribution in [0.5, 0.6) is 0 Å². The summed E-state index contributed by atoms with van der Waals surface area (Å²) in [7, 11) is 0. The van der Waals surface area contributed by atoms with Gasteiger partial charge in [0.15, 0.2) is 5.69 Å². The first kappa shape index (κ1) is 13.9. The lowest BCUT2D eigenvalue weighted by atomic mass is 10.2. The van der Waals surface area contributed by atoms with Crippen molar-refractivity contribution >= 4 is 11.6 Å². The Hall–Kier alpha value is -2.51. The smallest absolute Gasteiger partial charge is 0.313 e. The van der Waals surface area contributed by atoms with Crippen LogP contribution in [0.15, 0.2) is 18.6 Å². The Labute approximate surface area is 116 Å². The molecule has 0 aromatic carbocycles. The zero-order chi connectivity index (χ0) is 14.5. The van der Waals surface area contributed by atoms with Crippen LogP contribution in [-0.2, 0) is 6.54 Å².